The van der Waals surface area contributed by atoms with Crippen LogP contribution in [0.5, 0.6) is 0 Å². The summed E-state index contributed by atoms with van der Waals surface area (Å²) in [5.41, 5.74) is 0. The van der Waals surface area contributed by atoms with Gasteiger partial charge in [0.05, 0.1) is 13.2 Å². The summed E-state index contributed by atoms with van der Waals surface area (Å²) in [7, 11) is -5.81. The zero-order chi connectivity index (χ0) is 83.2. The van der Waals surface area contributed by atoms with Gasteiger partial charge in [-0.05, 0) is 103 Å². The molecule has 3 rings (SSSR count). The Kier molecular flexibility index (Phi) is 62.0. The van der Waals surface area contributed by atoms with E-state index in [1.807, 2.05) is 0 Å². The van der Waals surface area contributed by atoms with Crippen molar-refractivity contribution in [3.05, 3.63) is 36.5 Å². The first-order chi connectivity index (χ1) is 55.2. The number of unbranched alkanes of at least 4 members (excludes halogenated alkanes) is 42. The van der Waals surface area contributed by atoms with Gasteiger partial charge in [-0.2, -0.15) is 0 Å². The van der Waals surface area contributed by atoms with Crippen molar-refractivity contribution < 1.29 is 122 Å². The number of carbonyl (C=O) groups is 4. The molecule has 2 heterocycles. The molecule has 0 aromatic rings. The zero-order valence-electron chi connectivity index (χ0n) is 70.6. The molecule has 0 amide bonds. The first kappa shape index (κ1) is 105. The second-order valence-electron chi connectivity index (χ2n) is 32.1. The number of carbonyl (C=O) groups excluding carboxylic acids is 4. The Morgan fingerprint density at radius 3 is 1.05 bits per heavy atom. The highest BCUT2D eigenvalue weighted by atomic mass is 31.2. The summed E-state index contributed by atoms with van der Waals surface area (Å²) in [6.07, 6.45) is 27.5. The van der Waals surface area contributed by atoms with E-state index in [1.54, 1.807) is 0 Å². The molecule has 18 unspecified atom stereocenters. The van der Waals surface area contributed by atoms with E-state index in [9.17, 15) is 74.6 Å². The van der Waals surface area contributed by atoms with Crippen LogP contribution < -0.4 is 0 Å². The molecule has 0 radical (unpaired) electrons. The van der Waals surface area contributed by atoms with E-state index in [-0.39, 0.29) is 32.1 Å². The van der Waals surface area contributed by atoms with E-state index in [2.05, 4.69) is 64.2 Å². The van der Waals surface area contributed by atoms with Gasteiger partial charge in [0.2, 0.25) is 0 Å². The molecule has 2 aliphatic heterocycles. The molecule has 26 heteroatoms. The SMILES string of the molecule is CCCCCCCC/C=C\CCCCCC(=O)OCC1OC(OC2C(OC(=O)CCCCC/C=C\CCCCCCCC)C(O)C(O)C(OC3OC(CO)C(O)C(O)C3O)C2OP(=O)(O)OCC(COC(=O)CCCCCCCCCCCCCCCCCC)OC(=O)CCCCC/C=C\CCCCCCCC)C(O)C(O)C1O. The van der Waals surface area contributed by atoms with E-state index >= 15 is 0 Å². The predicted molar refractivity (Wildman–Crippen MR) is 439 cm³/mol. The minimum absolute atomic E-state index is 0.00908. The topological polar surface area (TPSA) is 380 Å². The van der Waals surface area contributed by atoms with E-state index in [0.29, 0.717) is 44.9 Å². The highest BCUT2D eigenvalue weighted by molar-refractivity contribution is 7.47. The second-order valence-corrected chi connectivity index (χ2v) is 33.5. The number of ether oxygens (including phenoxy) is 8. The first-order valence-corrected chi connectivity index (χ1v) is 46.7. The lowest BCUT2D eigenvalue weighted by atomic mass is 9.84. The van der Waals surface area contributed by atoms with Crippen molar-refractivity contribution in [2.24, 2.45) is 0 Å². The molecule has 3 fully saturated rings. The molecule has 3 aliphatic rings. The summed E-state index contributed by atoms with van der Waals surface area (Å²) in [5.74, 6) is -3.02. The van der Waals surface area contributed by atoms with Gasteiger partial charge in [-0.15, -0.1) is 0 Å². The summed E-state index contributed by atoms with van der Waals surface area (Å²) in [6, 6.07) is 0. The fourth-order valence-electron chi connectivity index (χ4n) is 14.6. The predicted octanol–water partition coefficient (Wildman–Crippen LogP) is 15.9. The number of aliphatic hydroxyl groups is 9. The van der Waals surface area contributed by atoms with E-state index < -0.39 is 162 Å². The molecule has 0 bridgehead atoms. The van der Waals surface area contributed by atoms with Gasteiger partial charge < -0.3 is 88.7 Å². The normalized spacial score (nSPS) is 25.5. The Labute approximate surface area is 685 Å². The average Bonchev–Trinajstić information content (AvgIpc) is 0.755. The third kappa shape index (κ3) is 47.6. The molecule has 666 valence electrons. The van der Waals surface area contributed by atoms with Crippen molar-refractivity contribution in [3.8, 4) is 0 Å². The molecular formula is C88H159O25P. The third-order valence-electron chi connectivity index (χ3n) is 21.8. The Hall–Kier alpha value is -3.31. The number of phosphoric ester groups is 1. The molecule has 25 nitrogen and oxygen atoms in total. The van der Waals surface area contributed by atoms with E-state index in [0.717, 1.165) is 109 Å². The van der Waals surface area contributed by atoms with Crippen LogP contribution in [-0.2, 0) is 70.7 Å². The third-order valence-corrected chi connectivity index (χ3v) is 22.8. The lowest BCUT2D eigenvalue weighted by Gasteiger charge is -2.50. The van der Waals surface area contributed by atoms with Crippen LogP contribution in [0.3, 0.4) is 0 Å². The molecule has 0 aromatic carbocycles. The Balaban J connectivity index is 1.94. The number of aliphatic hydroxyl groups excluding tert-OH is 9. The Morgan fingerprint density at radius 1 is 0.342 bits per heavy atom. The van der Waals surface area contributed by atoms with Crippen LogP contribution in [-0.4, -0.2) is 205 Å². The molecule has 2 saturated heterocycles. The molecule has 1 aliphatic carbocycles. The monoisotopic (exact) mass is 1650 g/mol. The van der Waals surface area contributed by atoms with Crippen LogP contribution in [0.1, 0.15) is 368 Å². The molecule has 0 aromatic heterocycles. The van der Waals surface area contributed by atoms with Crippen molar-refractivity contribution in [2.75, 3.05) is 26.4 Å². The van der Waals surface area contributed by atoms with Gasteiger partial charge in [0, 0.05) is 25.7 Å². The van der Waals surface area contributed by atoms with Crippen LogP contribution in [0, 0.1) is 0 Å². The average molecular weight is 1650 g/mol. The number of rotatable bonds is 72. The molecule has 1 saturated carbocycles. The Morgan fingerprint density at radius 2 is 0.658 bits per heavy atom. The number of hydrogen-bond donors (Lipinski definition) is 10. The van der Waals surface area contributed by atoms with Crippen LogP contribution in [0.15, 0.2) is 36.5 Å². The minimum Gasteiger partial charge on any atom is -0.463 e. The first-order valence-electron chi connectivity index (χ1n) is 45.2. The van der Waals surface area contributed by atoms with Gasteiger partial charge in [0.25, 0.3) is 0 Å². The van der Waals surface area contributed by atoms with Gasteiger partial charge >= 0.3 is 31.7 Å². The summed E-state index contributed by atoms with van der Waals surface area (Å²) in [4.78, 5) is 66.3. The molecule has 18 atom stereocenters. The maximum Gasteiger partial charge on any atom is 0.472 e. The summed E-state index contributed by atoms with van der Waals surface area (Å²) in [5, 5.41) is 102. The van der Waals surface area contributed by atoms with Gasteiger partial charge in [0.15, 0.2) is 24.8 Å². The standard InChI is InChI=1S/C88H159O25P/c1-5-9-13-17-21-25-29-33-34-35-39-41-44-48-52-56-60-71(90)104-65-68(107-73(92)62-58-54-50-46-42-37-31-27-23-19-15-11-7-3)66-106-114(102,103)113-86-84(111-87-81(100)77(96)75(94)69(64-89)108-87)80(99)79(98)83(110-74(93)63-59-55-51-47-43-38-32-28-24-20-16-12-8-4)85(86)112-88-82(101)78(97)76(95)70(109-88)67-105-72(91)61-57-53-49-45-40-36-30-26-22-18-14-10-6-2/h36-38,40,42-43,68-70,75-89,94-101H,5-35,39,41,44-67H2,1-4H3,(H,102,103)/b40-36-,42-37-,43-38-. The fourth-order valence-corrected chi connectivity index (χ4v) is 15.6. The summed E-state index contributed by atoms with van der Waals surface area (Å²) >= 11 is 0. The van der Waals surface area contributed by atoms with Gasteiger partial charge in [-0.25, -0.2) is 4.57 Å². The quantitative estimate of drug-likeness (QED) is 0.00889. The second kappa shape index (κ2) is 67.4. The number of esters is 4. The van der Waals surface area contributed by atoms with E-state index in [1.165, 1.54) is 154 Å². The zero-order valence-corrected chi connectivity index (χ0v) is 71.5. The van der Waals surface area contributed by atoms with Gasteiger partial charge in [-0.1, -0.05) is 276 Å². The summed E-state index contributed by atoms with van der Waals surface area (Å²) < 4.78 is 73.2. The molecule has 10 N–H and O–H groups in total. The van der Waals surface area contributed by atoms with Crippen molar-refractivity contribution in [2.45, 2.75) is 472 Å². The number of allylic oxidation sites excluding steroid dienone is 6. The van der Waals surface area contributed by atoms with Crippen LogP contribution in [0.25, 0.3) is 0 Å². The number of phosphoric acid groups is 1. The lowest BCUT2D eigenvalue weighted by molar-refractivity contribution is -0.360. The fraction of sp³-hybridized carbons (Fsp3) is 0.886. The van der Waals surface area contributed by atoms with Crippen LogP contribution >= 0.6 is 7.82 Å². The highest BCUT2D eigenvalue weighted by Gasteiger charge is 2.60. The van der Waals surface area contributed by atoms with Crippen LogP contribution in [0.2, 0.25) is 0 Å². The van der Waals surface area contributed by atoms with Crippen LogP contribution in [0.4, 0.5) is 0 Å². The number of hydrogen-bond acceptors (Lipinski definition) is 24. The minimum atomic E-state index is -5.81. The molecule has 114 heavy (non-hydrogen) atoms. The van der Waals surface area contributed by atoms with Crippen molar-refractivity contribution in [1.82, 2.24) is 0 Å². The summed E-state index contributed by atoms with van der Waals surface area (Å²) in [6.45, 7) is 5.51. The largest absolute Gasteiger partial charge is 0.472 e. The van der Waals surface area contributed by atoms with Crippen molar-refractivity contribution in [3.63, 3.8) is 0 Å². The van der Waals surface area contributed by atoms with Gasteiger partial charge in [0.1, 0.15) is 92.6 Å². The highest BCUT2D eigenvalue weighted by Crippen LogP contribution is 2.49. The molecule has 0 spiro atoms. The van der Waals surface area contributed by atoms with E-state index in [4.69, 9.17) is 46.9 Å². The Bertz CT molecular complexity index is 2520. The smallest absolute Gasteiger partial charge is 0.463 e. The van der Waals surface area contributed by atoms with Gasteiger partial charge in [-0.3, -0.25) is 28.2 Å². The lowest BCUT2D eigenvalue weighted by Crippen LogP contribution is -2.70. The van der Waals surface area contributed by atoms with Crippen molar-refractivity contribution >= 4 is 31.7 Å². The molecular weight excluding hydrogens is 1490 g/mol. The maximum absolute atomic E-state index is 14.9. The van der Waals surface area contributed by atoms with Crippen molar-refractivity contribution in [1.29, 1.82) is 0 Å². The maximum atomic E-state index is 14.9.